The van der Waals surface area contributed by atoms with E-state index < -0.39 is 17.7 Å². The first-order valence-electron chi connectivity index (χ1n) is 6.52. The van der Waals surface area contributed by atoms with Crippen LogP contribution in [0.25, 0.3) is 10.4 Å². The molecular weight excluding hydrogens is 331 g/mol. The van der Waals surface area contributed by atoms with Crippen molar-refractivity contribution in [3.05, 3.63) is 46.8 Å². The van der Waals surface area contributed by atoms with Crippen molar-refractivity contribution in [1.29, 1.82) is 0 Å². The number of halogens is 3. The number of oxime groups is 1. The van der Waals surface area contributed by atoms with Gasteiger partial charge in [-0.3, -0.25) is 4.79 Å². The van der Waals surface area contributed by atoms with Gasteiger partial charge >= 0.3 is 12.1 Å². The molecule has 2 N–H and O–H groups in total. The molecule has 0 saturated carbocycles. The summed E-state index contributed by atoms with van der Waals surface area (Å²) in [5.74, 6) is -1.01. The smallest absolute Gasteiger partial charge is 0.416 e. The predicted molar refractivity (Wildman–Crippen MR) is 80.0 cm³/mol. The summed E-state index contributed by atoms with van der Waals surface area (Å²) in [6.45, 7) is 0. The van der Waals surface area contributed by atoms with Gasteiger partial charge < -0.3 is 10.3 Å². The van der Waals surface area contributed by atoms with Crippen molar-refractivity contribution < 1.29 is 28.3 Å². The molecule has 0 unspecified atom stereocenters. The van der Waals surface area contributed by atoms with E-state index in [1.807, 2.05) is 0 Å². The van der Waals surface area contributed by atoms with Gasteiger partial charge in [-0.05, 0) is 29.8 Å². The van der Waals surface area contributed by atoms with Crippen LogP contribution < -0.4 is 0 Å². The van der Waals surface area contributed by atoms with E-state index in [-0.39, 0.29) is 18.6 Å². The molecule has 0 amide bonds. The van der Waals surface area contributed by atoms with Crippen LogP contribution in [0.15, 0.2) is 41.6 Å². The zero-order valence-corrected chi connectivity index (χ0v) is 12.5. The molecule has 1 aromatic heterocycles. The number of aliphatic carboxylic acids is 1. The second-order valence-electron chi connectivity index (χ2n) is 4.68. The maximum Gasteiger partial charge on any atom is 0.416 e. The molecule has 0 spiro atoms. The van der Waals surface area contributed by atoms with E-state index in [0.717, 1.165) is 12.1 Å². The molecule has 0 saturated heterocycles. The number of alkyl halides is 3. The Morgan fingerprint density at radius 1 is 1.09 bits per heavy atom. The first kappa shape index (κ1) is 17.0. The van der Waals surface area contributed by atoms with Crippen LogP contribution in [-0.2, 0) is 11.0 Å². The summed E-state index contributed by atoms with van der Waals surface area (Å²) >= 11 is 1.22. The highest BCUT2D eigenvalue weighted by Crippen LogP contribution is 2.33. The number of carboxylic acid groups (broad SMARTS) is 1. The first-order chi connectivity index (χ1) is 10.8. The number of nitrogens with zero attached hydrogens (tertiary/aromatic N) is 1. The lowest BCUT2D eigenvalue weighted by Crippen LogP contribution is -2.03. The van der Waals surface area contributed by atoms with Gasteiger partial charge in [0.25, 0.3) is 0 Å². The van der Waals surface area contributed by atoms with Crippen LogP contribution in [-0.4, -0.2) is 22.0 Å². The molecule has 1 heterocycles. The summed E-state index contributed by atoms with van der Waals surface area (Å²) in [5.41, 5.74) is 0.109. The molecule has 8 heteroatoms. The Balaban J connectivity index is 2.20. The zero-order valence-electron chi connectivity index (χ0n) is 11.7. The fraction of sp³-hybridized carbons (Fsp3) is 0.200. The van der Waals surface area contributed by atoms with Crippen LogP contribution in [0.2, 0.25) is 0 Å². The molecule has 0 radical (unpaired) electrons. The number of thiophene rings is 1. The van der Waals surface area contributed by atoms with Crippen LogP contribution >= 0.6 is 11.3 Å². The highest BCUT2D eigenvalue weighted by atomic mass is 32.1. The largest absolute Gasteiger partial charge is 0.481 e. The van der Waals surface area contributed by atoms with Crippen molar-refractivity contribution in [1.82, 2.24) is 0 Å². The molecule has 0 bridgehead atoms. The molecule has 1 aromatic carbocycles. The number of carbonyl (C=O) groups is 1. The summed E-state index contributed by atoms with van der Waals surface area (Å²) < 4.78 is 37.6. The lowest BCUT2D eigenvalue weighted by atomic mass is 10.1. The Kier molecular flexibility index (Phi) is 5.05. The minimum atomic E-state index is -4.38. The van der Waals surface area contributed by atoms with Crippen molar-refractivity contribution >= 4 is 23.0 Å². The number of hydrogen-bond donors (Lipinski definition) is 2. The maximum absolute atomic E-state index is 12.5. The third-order valence-electron chi connectivity index (χ3n) is 3.08. The van der Waals surface area contributed by atoms with E-state index in [1.165, 1.54) is 23.5 Å². The summed E-state index contributed by atoms with van der Waals surface area (Å²) in [7, 11) is 0. The standard InChI is InChI=1S/C15H12F3NO3S/c16-15(17,18)10-3-1-9(2-4-10)12-6-7-13(23-12)11(19-22)5-8-14(20)21/h1-4,6-7,22H,5,8H2,(H,20,21). The fourth-order valence-corrected chi connectivity index (χ4v) is 2.94. The molecule has 4 nitrogen and oxygen atoms in total. The zero-order chi connectivity index (χ0) is 17.0. The van der Waals surface area contributed by atoms with Crippen LogP contribution in [0.1, 0.15) is 23.3 Å². The van der Waals surface area contributed by atoms with E-state index in [4.69, 9.17) is 10.3 Å². The molecule has 2 aromatic rings. The van der Waals surface area contributed by atoms with Gasteiger partial charge in [-0.15, -0.1) is 11.3 Å². The SMILES string of the molecule is O=C(O)CCC(=NO)c1ccc(-c2ccc(C(F)(F)F)cc2)s1. The Labute approximate surface area is 133 Å². The molecule has 0 fully saturated rings. The van der Waals surface area contributed by atoms with Gasteiger partial charge in [0.05, 0.1) is 22.6 Å². The Hall–Kier alpha value is -2.35. The van der Waals surface area contributed by atoms with Crippen LogP contribution in [0.3, 0.4) is 0 Å². The van der Waals surface area contributed by atoms with Gasteiger partial charge in [0.15, 0.2) is 0 Å². The second-order valence-corrected chi connectivity index (χ2v) is 5.76. The topological polar surface area (TPSA) is 69.9 Å². The Bertz CT molecular complexity index is 720. The maximum atomic E-state index is 12.5. The van der Waals surface area contributed by atoms with Gasteiger partial charge in [0, 0.05) is 11.3 Å². The summed E-state index contributed by atoms with van der Waals surface area (Å²) in [6.07, 6.45) is -4.49. The van der Waals surface area contributed by atoms with Crippen molar-refractivity contribution in [2.75, 3.05) is 0 Å². The average Bonchev–Trinajstić information content (AvgIpc) is 2.97. The third kappa shape index (κ3) is 4.32. The van der Waals surface area contributed by atoms with E-state index in [2.05, 4.69) is 5.16 Å². The average molecular weight is 343 g/mol. The summed E-state index contributed by atoms with van der Waals surface area (Å²) in [5, 5.41) is 20.7. The lowest BCUT2D eigenvalue weighted by Gasteiger charge is -2.06. The van der Waals surface area contributed by atoms with Crippen molar-refractivity contribution in [2.45, 2.75) is 19.0 Å². The minimum Gasteiger partial charge on any atom is -0.481 e. The van der Waals surface area contributed by atoms with Gasteiger partial charge in [0.2, 0.25) is 0 Å². The second kappa shape index (κ2) is 6.82. The predicted octanol–water partition coefficient (Wildman–Crippen LogP) is 4.48. The Morgan fingerprint density at radius 3 is 2.26 bits per heavy atom. The van der Waals surface area contributed by atoms with E-state index >= 15 is 0 Å². The highest BCUT2D eigenvalue weighted by molar-refractivity contribution is 7.17. The van der Waals surface area contributed by atoms with Crippen molar-refractivity contribution in [3.63, 3.8) is 0 Å². The molecule has 0 aliphatic heterocycles. The third-order valence-corrected chi connectivity index (χ3v) is 4.27. The fourth-order valence-electron chi connectivity index (χ4n) is 1.92. The van der Waals surface area contributed by atoms with E-state index in [1.54, 1.807) is 12.1 Å². The molecule has 122 valence electrons. The molecule has 0 atom stereocenters. The van der Waals surface area contributed by atoms with Crippen molar-refractivity contribution in [2.24, 2.45) is 5.16 Å². The van der Waals surface area contributed by atoms with Gasteiger partial charge in [-0.1, -0.05) is 17.3 Å². The number of carboxylic acids is 1. The molecule has 0 aliphatic carbocycles. The summed E-state index contributed by atoms with van der Waals surface area (Å²) in [6, 6.07) is 8.07. The van der Waals surface area contributed by atoms with Crippen molar-refractivity contribution in [3.8, 4) is 10.4 Å². The van der Waals surface area contributed by atoms with Crippen LogP contribution in [0.5, 0.6) is 0 Å². The number of hydrogen-bond acceptors (Lipinski definition) is 4. The molecule has 23 heavy (non-hydrogen) atoms. The Morgan fingerprint density at radius 2 is 1.74 bits per heavy atom. The number of benzene rings is 1. The number of rotatable bonds is 5. The molecular formula is C15H12F3NO3S. The van der Waals surface area contributed by atoms with Gasteiger partial charge in [0.1, 0.15) is 0 Å². The molecule has 0 aliphatic rings. The lowest BCUT2D eigenvalue weighted by molar-refractivity contribution is -0.138. The van der Waals surface area contributed by atoms with Gasteiger partial charge in [-0.2, -0.15) is 13.2 Å². The van der Waals surface area contributed by atoms with Crippen LogP contribution in [0.4, 0.5) is 13.2 Å². The summed E-state index contributed by atoms with van der Waals surface area (Å²) in [4.78, 5) is 11.8. The van der Waals surface area contributed by atoms with Gasteiger partial charge in [-0.25, -0.2) is 0 Å². The van der Waals surface area contributed by atoms with Crippen LogP contribution in [0, 0.1) is 0 Å². The highest BCUT2D eigenvalue weighted by Gasteiger charge is 2.30. The normalized spacial score (nSPS) is 12.4. The van der Waals surface area contributed by atoms with E-state index in [9.17, 15) is 18.0 Å². The monoisotopic (exact) mass is 343 g/mol. The minimum absolute atomic E-state index is 0.0683. The quantitative estimate of drug-likeness (QED) is 0.478. The first-order valence-corrected chi connectivity index (χ1v) is 7.33. The van der Waals surface area contributed by atoms with E-state index in [0.29, 0.717) is 15.3 Å². The molecule has 2 rings (SSSR count).